The van der Waals surface area contributed by atoms with Gasteiger partial charge in [0.1, 0.15) is 0 Å². The number of carbonyl (C=O) groups is 1. The van der Waals surface area contributed by atoms with Crippen LogP contribution in [0.3, 0.4) is 0 Å². The summed E-state index contributed by atoms with van der Waals surface area (Å²) < 4.78 is 10.2. The van der Waals surface area contributed by atoms with E-state index in [1.54, 1.807) is 13.0 Å². The van der Waals surface area contributed by atoms with Crippen molar-refractivity contribution in [2.45, 2.75) is 32.4 Å². The molecule has 6 nitrogen and oxygen atoms in total. The number of nitrogens with two attached hydrogens (primary N) is 1. The topological polar surface area (TPSA) is 85.0 Å². The Morgan fingerprint density at radius 1 is 1.55 bits per heavy atom. The van der Waals surface area contributed by atoms with Gasteiger partial charge in [0.05, 0.1) is 19.4 Å². The van der Waals surface area contributed by atoms with E-state index in [0.29, 0.717) is 24.5 Å². The second kappa shape index (κ2) is 5.58. The maximum absolute atomic E-state index is 12.1. The summed E-state index contributed by atoms with van der Waals surface area (Å²) in [6.07, 6.45) is 0.192. The molecule has 20 heavy (non-hydrogen) atoms. The molecule has 0 spiro atoms. The van der Waals surface area contributed by atoms with Crippen LogP contribution in [0, 0.1) is 0 Å². The highest BCUT2D eigenvalue weighted by molar-refractivity contribution is 5.91. The summed E-state index contributed by atoms with van der Waals surface area (Å²) in [7, 11) is 1.47. The van der Waals surface area contributed by atoms with Crippen molar-refractivity contribution in [3.63, 3.8) is 0 Å². The fraction of sp³-hybridized carbons (Fsp3) is 0.500. The Morgan fingerprint density at radius 2 is 2.25 bits per heavy atom. The van der Waals surface area contributed by atoms with Gasteiger partial charge in [0.15, 0.2) is 11.5 Å². The molecule has 0 bridgehead atoms. The van der Waals surface area contributed by atoms with Crippen LogP contribution in [0.25, 0.3) is 0 Å². The van der Waals surface area contributed by atoms with Gasteiger partial charge in [-0.1, -0.05) is 0 Å². The van der Waals surface area contributed by atoms with Crippen LogP contribution in [-0.4, -0.2) is 31.0 Å². The molecule has 0 aromatic heterocycles. The fourth-order valence-corrected chi connectivity index (χ4v) is 2.55. The first-order chi connectivity index (χ1) is 9.49. The van der Waals surface area contributed by atoms with Crippen LogP contribution in [0.4, 0.5) is 10.5 Å². The summed E-state index contributed by atoms with van der Waals surface area (Å²) in [5.74, 6) is 0.319. The van der Waals surface area contributed by atoms with E-state index in [0.717, 1.165) is 5.56 Å². The van der Waals surface area contributed by atoms with Gasteiger partial charge in [-0.15, -0.1) is 0 Å². The number of amides is 1. The molecule has 1 amide bonds. The number of ether oxygens (including phenoxy) is 2. The van der Waals surface area contributed by atoms with Gasteiger partial charge in [0, 0.05) is 18.2 Å². The Hall–Kier alpha value is -1.95. The lowest BCUT2D eigenvalue weighted by molar-refractivity contribution is 0.156. The summed E-state index contributed by atoms with van der Waals surface area (Å²) in [4.78, 5) is 13.6. The van der Waals surface area contributed by atoms with E-state index in [4.69, 9.17) is 15.2 Å². The second-order valence-electron chi connectivity index (χ2n) is 4.84. The van der Waals surface area contributed by atoms with Crippen LogP contribution >= 0.6 is 0 Å². The van der Waals surface area contributed by atoms with Crippen molar-refractivity contribution in [3.8, 4) is 11.5 Å². The maximum atomic E-state index is 12.1. The molecule has 2 rings (SSSR count). The van der Waals surface area contributed by atoms with Gasteiger partial charge in [0.2, 0.25) is 0 Å². The Kier molecular flexibility index (Phi) is 4.04. The number of carbonyl (C=O) groups excluding carboxylic acids is 1. The highest BCUT2D eigenvalue weighted by atomic mass is 16.6. The first-order valence-corrected chi connectivity index (χ1v) is 6.62. The average Bonchev–Trinajstić information content (AvgIpc) is 2.38. The van der Waals surface area contributed by atoms with Crippen molar-refractivity contribution < 1.29 is 19.4 Å². The predicted octanol–water partition coefficient (Wildman–Crippen LogP) is 2.16. The molecule has 0 aliphatic carbocycles. The Bertz CT molecular complexity index is 518. The van der Waals surface area contributed by atoms with Gasteiger partial charge in [-0.3, -0.25) is 4.90 Å². The van der Waals surface area contributed by atoms with Crippen molar-refractivity contribution in [1.29, 1.82) is 0 Å². The molecule has 1 aromatic rings. The third-order valence-electron chi connectivity index (χ3n) is 3.49. The molecule has 0 saturated carbocycles. The van der Waals surface area contributed by atoms with E-state index in [1.807, 2.05) is 6.92 Å². The van der Waals surface area contributed by atoms with E-state index in [9.17, 15) is 9.90 Å². The number of benzene rings is 1. The van der Waals surface area contributed by atoms with E-state index in [2.05, 4.69) is 0 Å². The molecule has 1 aromatic carbocycles. The smallest absolute Gasteiger partial charge is 0.414 e. The van der Waals surface area contributed by atoms with Crippen LogP contribution in [-0.2, 0) is 4.74 Å². The van der Waals surface area contributed by atoms with Crippen LogP contribution in [0.5, 0.6) is 11.5 Å². The predicted molar refractivity (Wildman–Crippen MR) is 75.2 cm³/mol. The minimum absolute atomic E-state index is 0.0261. The van der Waals surface area contributed by atoms with Crippen LogP contribution < -0.4 is 15.4 Å². The molecular weight excluding hydrogens is 260 g/mol. The minimum atomic E-state index is -0.433. The number of phenolic OH excluding ortho intramolecular Hbond substituents is 1. The molecule has 3 N–H and O–H groups in total. The zero-order valence-electron chi connectivity index (χ0n) is 11.9. The van der Waals surface area contributed by atoms with Crippen LogP contribution in [0.15, 0.2) is 12.1 Å². The third kappa shape index (κ3) is 2.38. The summed E-state index contributed by atoms with van der Waals surface area (Å²) in [5.41, 5.74) is 7.48. The minimum Gasteiger partial charge on any atom is -0.504 e. The normalized spacial score (nSPS) is 21.3. The van der Waals surface area contributed by atoms with Crippen molar-refractivity contribution in [2.75, 3.05) is 18.6 Å². The van der Waals surface area contributed by atoms with Gasteiger partial charge in [-0.2, -0.15) is 0 Å². The highest BCUT2D eigenvalue weighted by Gasteiger charge is 2.34. The monoisotopic (exact) mass is 280 g/mol. The van der Waals surface area contributed by atoms with Gasteiger partial charge in [-0.05, 0) is 31.9 Å². The lowest BCUT2D eigenvalue weighted by Crippen LogP contribution is -2.44. The Morgan fingerprint density at radius 3 is 2.85 bits per heavy atom. The van der Waals surface area contributed by atoms with E-state index >= 15 is 0 Å². The van der Waals surface area contributed by atoms with Crippen LogP contribution in [0.1, 0.15) is 31.9 Å². The lowest BCUT2D eigenvalue weighted by atomic mass is 9.92. The number of fused-ring (bicyclic) bond motifs is 1. The molecule has 2 atom stereocenters. The van der Waals surface area contributed by atoms with Gasteiger partial charge in [-0.25, -0.2) is 4.79 Å². The molecule has 0 fully saturated rings. The van der Waals surface area contributed by atoms with Gasteiger partial charge < -0.3 is 20.3 Å². The number of phenols is 1. The molecule has 110 valence electrons. The highest BCUT2D eigenvalue weighted by Crippen LogP contribution is 2.42. The third-order valence-corrected chi connectivity index (χ3v) is 3.49. The second-order valence-corrected chi connectivity index (χ2v) is 4.84. The Labute approximate surface area is 118 Å². The zero-order valence-corrected chi connectivity index (χ0v) is 11.9. The van der Waals surface area contributed by atoms with E-state index < -0.39 is 6.09 Å². The molecule has 1 aliphatic heterocycles. The molecule has 6 heteroatoms. The van der Waals surface area contributed by atoms with Crippen molar-refractivity contribution in [2.24, 2.45) is 5.73 Å². The fourth-order valence-electron chi connectivity index (χ4n) is 2.55. The quantitative estimate of drug-likeness (QED) is 0.867. The number of anilines is 1. The average molecular weight is 280 g/mol. The largest absolute Gasteiger partial charge is 0.504 e. The standard InChI is InChI=1S/C14H20N2O4/c1-4-20-14(18)16-8(2)5-10(15)9-6-13(19-3)12(17)7-11(9)16/h6-8,10,17H,4-5,15H2,1-3H3/t8-,10+/m0/s1. The molecular formula is C14H20N2O4. The summed E-state index contributed by atoms with van der Waals surface area (Å²) in [6.45, 7) is 3.96. The van der Waals surface area contributed by atoms with Crippen LogP contribution in [0.2, 0.25) is 0 Å². The molecule has 0 saturated heterocycles. The number of hydrogen-bond acceptors (Lipinski definition) is 5. The first kappa shape index (κ1) is 14.5. The number of nitrogens with zero attached hydrogens (tertiary/aromatic N) is 1. The lowest BCUT2D eigenvalue weighted by Gasteiger charge is -2.37. The Balaban J connectivity index is 2.51. The molecule has 1 aliphatic rings. The zero-order chi connectivity index (χ0) is 14.9. The SMILES string of the molecule is CCOC(=O)N1c2cc(O)c(OC)cc2[C@H](N)C[C@@H]1C. The summed E-state index contributed by atoms with van der Waals surface area (Å²) in [6, 6.07) is 2.87. The van der Waals surface area contributed by atoms with Gasteiger partial charge >= 0.3 is 6.09 Å². The van der Waals surface area contributed by atoms with E-state index in [-0.39, 0.29) is 17.8 Å². The van der Waals surface area contributed by atoms with Crippen molar-refractivity contribution in [3.05, 3.63) is 17.7 Å². The number of rotatable bonds is 2. The number of methoxy groups -OCH3 is 1. The van der Waals surface area contributed by atoms with Crippen molar-refractivity contribution >= 4 is 11.8 Å². The number of aromatic hydroxyl groups is 1. The molecule has 0 unspecified atom stereocenters. The van der Waals surface area contributed by atoms with Gasteiger partial charge in [0.25, 0.3) is 0 Å². The first-order valence-electron chi connectivity index (χ1n) is 6.62. The van der Waals surface area contributed by atoms with E-state index in [1.165, 1.54) is 18.1 Å². The summed E-state index contributed by atoms with van der Waals surface area (Å²) in [5, 5.41) is 9.92. The number of hydrogen-bond donors (Lipinski definition) is 2. The molecule has 1 heterocycles. The molecule has 0 radical (unpaired) electrons. The van der Waals surface area contributed by atoms with Crippen molar-refractivity contribution in [1.82, 2.24) is 0 Å². The maximum Gasteiger partial charge on any atom is 0.414 e. The summed E-state index contributed by atoms with van der Waals surface area (Å²) >= 11 is 0.